The fraction of sp³-hybridized carbons (Fsp3) is 0.476. The van der Waals surface area contributed by atoms with Crippen LogP contribution in [0.5, 0.6) is 0 Å². The summed E-state index contributed by atoms with van der Waals surface area (Å²) >= 11 is 3.19. The maximum Gasteiger partial charge on any atom is 0.233 e. The highest BCUT2D eigenvalue weighted by Gasteiger charge is 2.30. The quantitative estimate of drug-likeness (QED) is 0.616. The molecule has 1 aliphatic rings. The van der Waals surface area contributed by atoms with E-state index in [2.05, 4.69) is 26.7 Å². The molecule has 0 saturated carbocycles. The third kappa shape index (κ3) is 6.55. The molecule has 2 N–H and O–H groups in total. The number of likely N-dealkylation sites (tertiary alicyclic amines) is 1. The van der Waals surface area contributed by atoms with E-state index < -0.39 is 0 Å². The monoisotopic (exact) mass is 432 g/mol. The number of pyridine rings is 1. The lowest BCUT2D eigenvalue weighted by Gasteiger charge is -2.40. The van der Waals surface area contributed by atoms with Gasteiger partial charge in [0.1, 0.15) is 0 Å². The highest BCUT2D eigenvalue weighted by Crippen LogP contribution is 2.24. The van der Waals surface area contributed by atoms with E-state index in [-0.39, 0.29) is 23.9 Å². The lowest BCUT2D eigenvalue weighted by Crippen LogP contribution is -2.50. The van der Waals surface area contributed by atoms with Crippen LogP contribution in [0.3, 0.4) is 0 Å². The first-order chi connectivity index (χ1) is 14.0. The molecule has 1 aliphatic heterocycles. The van der Waals surface area contributed by atoms with Gasteiger partial charge in [0.25, 0.3) is 0 Å². The van der Waals surface area contributed by atoms with E-state index in [0.29, 0.717) is 18.7 Å². The SMILES string of the molecule is CC(CC(N)=O)N1CCC(N(Cc2ccsc2)C(=O)CSc2cccnc2)CC1. The molecule has 2 amide bonds. The van der Waals surface area contributed by atoms with Gasteiger partial charge in [0.2, 0.25) is 11.8 Å². The van der Waals surface area contributed by atoms with E-state index in [4.69, 9.17) is 5.73 Å². The van der Waals surface area contributed by atoms with E-state index in [1.165, 1.54) is 17.3 Å². The molecule has 0 aliphatic carbocycles. The van der Waals surface area contributed by atoms with Crippen molar-refractivity contribution in [3.63, 3.8) is 0 Å². The molecule has 29 heavy (non-hydrogen) atoms. The van der Waals surface area contributed by atoms with Gasteiger partial charge >= 0.3 is 0 Å². The summed E-state index contributed by atoms with van der Waals surface area (Å²) in [6.07, 6.45) is 5.73. The number of nitrogens with two attached hydrogens (primary N) is 1. The van der Waals surface area contributed by atoms with E-state index in [9.17, 15) is 9.59 Å². The van der Waals surface area contributed by atoms with Crippen molar-refractivity contribution in [3.8, 4) is 0 Å². The Balaban J connectivity index is 1.61. The number of hydrogen-bond donors (Lipinski definition) is 1. The number of carbonyl (C=O) groups is 2. The molecule has 1 unspecified atom stereocenters. The summed E-state index contributed by atoms with van der Waals surface area (Å²) in [5.41, 5.74) is 6.53. The van der Waals surface area contributed by atoms with Gasteiger partial charge in [-0.3, -0.25) is 19.5 Å². The van der Waals surface area contributed by atoms with Crippen LogP contribution in [0, 0.1) is 0 Å². The van der Waals surface area contributed by atoms with Crippen LogP contribution in [-0.4, -0.2) is 57.5 Å². The number of primary amides is 1. The van der Waals surface area contributed by atoms with Gasteiger partial charge in [-0.25, -0.2) is 0 Å². The van der Waals surface area contributed by atoms with Crippen molar-refractivity contribution in [3.05, 3.63) is 46.9 Å². The molecule has 0 spiro atoms. The minimum atomic E-state index is -0.263. The van der Waals surface area contributed by atoms with Crippen LogP contribution in [0.2, 0.25) is 0 Å². The third-order valence-electron chi connectivity index (χ3n) is 5.31. The number of amides is 2. The summed E-state index contributed by atoms with van der Waals surface area (Å²) in [6.45, 7) is 4.45. The number of aromatic nitrogens is 1. The number of rotatable bonds is 9. The standard InChI is InChI=1S/C21H28N4O2S2/c1-16(11-20(22)26)24-8-4-18(5-9-24)25(13-17-6-10-28-14-17)21(27)15-29-19-3-2-7-23-12-19/h2-3,6-7,10,12,14,16,18H,4-5,8-9,11,13,15H2,1H3,(H2,22,26). The van der Waals surface area contributed by atoms with E-state index in [0.717, 1.165) is 30.8 Å². The molecule has 8 heteroatoms. The minimum absolute atomic E-state index is 0.149. The van der Waals surface area contributed by atoms with Crippen molar-refractivity contribution in [2.75, 3.05) is 18.8 Å². The zero-order valence-corrected chi connectivity index (χ0v) is 18.3. The number of thioether (sulfide) groups is 1. The lowest BCUT2D eigenvalue weighted by molar-refractivity contribution is -0.132. The fourth-order valence-corrected chi connectivity index (χ4v) is 5.15. The maximum atomic E-state index is 13.1. The third-order valence-corrected chi connectivity index (χ3v) is 7.01. The Morgan fingerprint density at radius 1 is 1.38 bits per heavy atom. The summed E-state index contributed by atoms with van der Waals surface area (Å²) < 4.78 is 0. The summed E-state index contributed by atoms with van der Waals surface area (Å²) in [7, 11) is 0. The molecule has 2 aromatic rings. The zero-order chi connectivity index (χ0) is 20.6. The molecule has 3 rings (SSSR count). The van der Waals surface area contributed by atoms with Crippen molar-refractivity contribution in [2.45, 2.75) is 49.7 Å². The Labute approximate surface area is 180 Å². The molecule has 0 radical (unpaired) electrons. The van der Waals surface area contributed by atoms with Gasteiger partial charge in [-0.1, -0.05) is 0 Å². The molecule has 0 aromatic carbocycles. The van der Waals surface area contributed by atoms with Gasteiger partial charge in [0, 0.05) is 55.4 Å². The van der Waals surface area contributed by atoms with Crippen LogP contribution >= 0.6 is 23.1 Å². The van der Waals surface area contributed by atoms with Gasteiger partial charge in [-0.15, -0.1) is 11.8 Å². The summed E-state index contributed by atoms with van der Waals surface area (Å²) in [5, 5.41) is 4.16. The Morgan fingerprint density at radius 3 is 2.79 bits per heavy atom. The smallest absolute Gasteiger partial charge is 0.233 e. The molecule has 0 bridgehead atoms. The largest absolute Gasteiger partial charge is 0.370 e. The van der Waals surface area contributed by atoms with Crippen molar-refractivity contribution in [1.82, 2.24) is 14.8 Å². The van der Waals surface area contributed by atoms with Gasteiger partial charge in [-0.05, 0) is 54.3 Å². The van der Waals surface area contributed by atoms with Gasteiger partial charge in [0.15, 0.2) is 0 Å². The number of nitrogens with zero attached hydrogens (tertiary/aromatic N) is 3. The van der Waals surface area contributed by atoms with Crippen LogP contribution in [0.1, 0.15) is 31.7 Å². The van der Waals surface area contributed by atoms with E-state index in [1.54, 1.807) is 23.7 Å². The Kier molecular flexibility index (Phi) is 8.09. The van der Waals surface area contributed by atoms with Crippen molar-refractivity contribution >= 4 is 34.9 Å². The molecule has 3 heterocycles. The van der Waals surface area contributed by atoms with E-state index in [1.807, 2.05) is 24.0 Å². The number of piperidine rings is 1. The molecule has 6 nitrogen and oxygen atoms in total. The molecule has 1 saturated heterocycles. The van der Waals surface area contributed by atoms with Crippen LogP contribution in [0.15, 0.2) is 46.2 Å². The molecular weight excluding hydrogens is 404 g/mol. The molecule has 1 atom stereocenters. The van der Waals surface area contributed by atoms with Crippen LogP contribution < -0.4 is 5.73 Å². The predicted molar refractivity (Wildman–Crippen MR) is 118 cm³/mol. The molecule has 2 aromatic heterocycles. The number of carbonyl (C=O) groups excluding carboxylic acids is 2. The first kappa shape index (κ1) is 21.8. The number of hydrogen-bond acceptors (Lipinski definition) is 6. The Hall–Kier alpha value is -1.90. The second-order valence-corrected chi connectivity index (χ2v) is 9.25. The van der Waals surface area contributed by atoms with Crippen LogP contribution in [-0.2, 0) is 16.1 Å². The molecule has 156 valence electrons. The fourth-order valence-electron chi connectivity index (χ4n) is 3.72. The van der Waals surface area contributed by atoms with Crippen LogP contribution in [0.4, 0.5) is 0 Å². The minimum Gasteiger partial charge on any atom is -0.370 e. The first-order valence-electron chi connectivity index (χ1n) is 9.88. The van der Waals surface area contributed by atoms with Crippen molar-refractivity contribution in [1.29, 1.82) is 0 Å². The maximum absolute atomic E-state index is 13.1. The average molecular weight is 433 g/mol. The Morgan fingerprint density at radius 2 is 2.17 bits per heavy atom. The van der Waals surface area contributed by atoms with Gasteiger partial charge in [0.05, 0.1) is 5.75 Å². The second kappa shape index (κ2) is 10.8. The van der Waals surface area contributed by atoms with Gasteiger partial charge in [-0.2, -0.15) is 11.3 Å². The zero-order valence-electron chi connectivity index (χ0n) is 16.7. The van der Waals surface area contributed by atoms with Crippen molar-refractivity contribution in [2.24, 2.45) is 5.73 Å². The molecule has 1 fully saturated rings. The Bertz CT molecular complexity index is 777. The normalized spacial score (nSPS) is 16.4. The highest BCUT2D eigenvalue weighted by atomic mass is 32.2. The topological polar surface area (TPSA) is 79.5 Å². The van der Waals surface area contributed by atoms with Crippen molar-refractivity contribution < 1.29 is 9.59 Å². The summed E-state index contributed by atoms with van der Waals surface area (Å²) in [6, 6.07) is 6.32. The first-order valence-corrected chi connectivity index (χ1v) is 11.8. The molecular formula is C21H28N4O2S2. The van der Waals surface area contributed by atoms with E-state index >= 15 is 0 Å². The lowest BCUT2D eigenvalue weighted by atomic mass is 10.00. The van der Waals surface area contributed by atoms with Crippen LogP contribution in [0.25, 0.3) is 0 Å². The summed E-state index contributed by atoms with van der Waals surface area (Å²) in [4.78, 5) is 33.8. The predicted octanol–water partition coefficient (Wildman–Crippen LogP) is 2.99. The van der Waals surface area contributed by atoms with Gasteiger partial charge < -0.3 is 10.6 Å². The highest BCUT2D eigenvalue weighted by molar-refractivity contribution is 8.00. The second-order valence-electron chi connectivity index (χ2n) is 7.42. The summed E-state index contributed by atoms with van der Waals surface area (Å²) in [5.74, 6) is 0.309. The average Bonchev–Trinajstić information content (AvgIpc) is 3.24. The number of thiophene rings is 1.